The van der Waals surface area contributed by atoms with Crippen LogP contribution < -0.4 is 11.3 Å². The summed E-state index contributed by atoms with van der Waals surface area (Å²) in [6, 6.07) is 3.92. The largest absolute Gasteiger partial charge is 0.403 e. The lowest BCUT2D eigenvalue weighted by molar-refractivity contribution is 0.162. The smallest absolute Gasteiger partial charge is 0.251 e. The number of aryl methyl sites for hydroxylation is 1. The Morgan fingerprint density at radius 1 is 1.30 bits per heavy atom. The van der Waals surface area contributed by atoms with Gasteiger partial charge in [0.1, 0.15) is 0 Å². The predicted molar refractivity (Wildman–Crippen MR) is 91.9 cm³/mol. The molecule has 2 aromatic rings. The minimum Gasteiger partial charge on any atom is -0.403 e. The lowest BCUT2D eigenvalue weighted by Crippen LogP contribution is -2.43. The first kappa shape index (κ1) is 15.6. The Hall–Kier alpha value is -2.34. The topological polar surface area (TPSA) is 78.2 Å². The highest BCUT2D eigenvalue weighted by molar-refractivity contribution is 5.74. The fourth-order valence-corrected chi connectivity index (χ4v) is 2.97. The summed E-state index contributed by atoms with van der Waals surface area (Å²) < 4.78 is 0. The normalized spacial score (nSPS) is 16.5. The number of hydrogen-bond donors (Lipinski definition) is 2. The number of fused-ring (bicyclic) bond motifs is 1. The van der Waals surface area contributed by atoms with Crippen LogP contribution in [0.15, 0.2) is 35.5 Å². The van der Waals surface area contributed by atoms with Crippen LogP contribution >= 0.6 is 0 Å². The van der Waals surface area contributed by atoms with Crippen molar-refractivity contribution in [1.29, 1.82) is 0 Å². The molecule has 0 bridgehead atoms. The third-order valence-corrected chi connectivity index (χ3v) is 4.32. The number of aromatic amines is 1. The Bertz CT molecular complexity index is 759. The van der Waals surface area contributed by atoms with Crippen molar-refractivity contribution >= 4 is 11.0 Å². The summed E-state index contributed by atoms with van der Waals surface area (Å²) >= 11 is 0. The van der Waals surface area contributed by atoms with E-state index in [0.717, 1.165) is 61.3 Å². The second-order valence-electron chi connectivity index (χ2n) is 5.91. The van der Waals surface area contributed by atoms with Crippen LogP contribution in [0.1, 0.15) is 18.1 Å². The molecule has 1 aliphatic heterocycles. The highest BCUT2D eigenvalue weighted by Gasteiger charge is 2.15. The van der Waals surface area contributed by atoms with Gasteiger partial charge in [0.15, 0.2) is 0 Å². The number of nitrogens with two attached hydrogens (primary N) is 1. The SMILES string of the molecule is CCc1cc2ncc(CN3CCN(/C=C/N)CC3)cc2[nH]c1=O. The lowest BCUT2D eigenvalue weighted by atomic mass is 10.1. The predicted octanol–water partition coefficient (Wildman–Crippen LogP) is 1.03. The lowest BCUT2D eigenvalue weighted by Gasteiger charge is -2.33. The van der Waals surface area contributed by atoms with Gasteiger partial charge in [-0.3, -0.25) is 14.7 Å². The fourth-order valence-electron chi connectivity index (χ4n) is 2.97. The van der Waals surface area contributed by atoms with E-state index in [9.17, 15) is 4.79 Å². The number of piperazine rings is 1. The summed E-state index contributed by atoms with van der Waals surface area (Å²) in [7, 11) is 0. The summed E-state index contributed by atoms with van der Waals surface area (Å²) in [5.74, 6) is 0. The molecule has 0 atom stereocenters. The van der Waals surface area contributed by atoms with Crippen molar-refractivity contribution in [3.63, 3.8) is 0 Å². The van der Waals surface area contributed by atoms with E-state index in [1.807, 2.05) is 31.5 Å². The molecule has 0 spiro atoms. The van der Waals surface area contributed by atoms with Gasteiger partial charge in [0, 0.05) is 56.9 Å². The van der Waals surface area contributed by atoms with E-state index in [1.54, 1.807) is 6.20 Å². The van der Waals surface area contributed by atoms with E-state index in [0.29, 0.717) is 0 Å². The van der Waals surface area contributed by atoms with Crippen molar-refractivity contribution in [2.75, 3.05) is 26.2 Å². The summed E-state index contributed by atoms with van der Waals surface area (Å²) in [5, 5.41) is 0. The van der Waals surface area contributed by atoms with Crippen LogP contribution in [-0.2, 0) is 13.0 Å². The fraction of sp³-hybridized carbons (Fsp3) is 0.412. The third-order valence-electron chi connectivity index (χ3n) is 4.32. The highest BCUT2D eigenvalue weighted by Crippen LogP contribution is 2.14. The molecule has 0 aliphatic carbocycles. The zero-order chi connectivity index (χ0) is 16.2. The van der Waals surface area contributed by atoms with Crippen LogP contribution in [0.2, 0.25) is 0 Å². The Kier molecular flexibility index (Phi) is 4.62. The number of pyridine rings is 2. The second kappa shape index (κ2) is 6.83. The van der Waals surface area contributed by atoms with E-state index in [1.165, 1.54) is 0 Å². The average molecular weight is 313 g/mol. The molecule has 122 valence electrons. The van der Waals surface area contributed by atoms with Gasteiger partial charge in [-0.05, 0) is 24.1 Å². The van der Waals surface area contributed by atoms with Crippen molar-refractivity contribution in [1.82, 2.24) is 19.8 Å². The molecule has 0 aromatic carbocycles. The quantitative estimate of drug-likeness (QED) is 0.881. The van der Waals surface area contributed by atoms with Gasteiger partial charge in [0.2, 0.25) is 0 Å². The van der Waals surface area contributed by atoms with E-state index in [4.69, 9.17) is 5.73 Å². The van der Waals surface area contributed by atoms with Crippen molar-refractivity contribution < 1.29 is 0 Å². The molecule has 1 saturated heterocycles. The number of hydrogen-bond acceptors (Lipinski definition) is 5. The van der Waals surface area contributed by atoms with Gasteiger partial charge in [-0.15, -0.1) is 0 Å². The minimum absolute atomic E-state index is 0.0128. The van der Waals surface area contributed by atoms with E-state index in [-0.39, 0.29) is 5.56 Å². The van der Waals surface area contributed by atoms with Crippen LogP contribution in [0.5, 0.6) is 0 Å². The molecule has 3 N–H and O–H groups in total. The Morgan fingerprint density at radius 2 is 2.09 bits per heavy atom. The Balaban J connectivity index is 1.73. The molecule has 6 nitrogen and oxygen atoms in total. The van der Waals surface area contributed by atoms with Gasteiger partial charge < -0.3 is 15.6 Å². The number of rotatable bonds is 4. The molecule has 0 unspecified atom stereocenters. The van der Waals surface area contributed by atoms with Crippen molar-refractivity contribution in [3.05, 3.63) is 52.2 Å². The van der Waals surface area contributed by atoms with Crippen molar-refractivity contribution in [2.24, 2.45) is 5.73 Å². The van der Waals surface area contributed by atoms with Gasteiger partial charge in [-0.1, -0.05) is 6.92 Å². The van der Waals surface area contributed by atoms with E-state index in [2.05, 4.69) is 19.8 Å². The van der Waals surface area contributed by atoms with Crippen LogP contribution in [0, 0.1) is 0 Å². The van der Waals surface area contributed by atoms with Gasteiger partial charge in [0.25, 0.3) is 5.56 Å². The molecular weight excluding hydrogens is 290 g/mol. The van der Waals surface area contributed by atoms with E-state index < -0.39 is 0 Å². The van der Waals surface area contributed by atoms with Gasteiger partial charge in [-0.2, -0.15) is 0 Å². The molecule has 3 rings (SSSR count). The number of H-pyrrole nitrogens is 1. The standard InChI is InChI=1S/C17H23N5O/c1-2-14-10-15-16(20-17(14)23)9-13(11-19-15)12-22-7-5-21(4-3-18)6-8-22/h3-4,9-11H,2,5-8,12,18H2,1H3,(H,20,23)/b4-3+. The maximum atomic E-state index is 11.9. The van der Waals surface area contributed by atoms with Gasteiger partial charge in [0.05, 0.1) is 11.0 Å². The first-order valence-electron chi connectivity index (χ1n) is 8.05. The van der Waals surface area contributed by atoms with Crippen LogP contribution in [0.3, 0.4) is 0 Å². The highest BCUT2D eigenvalue weighted by atomic mass is 16.1. The minimum atomic E-state index is -0.0128. The molecule has 3 heterocycles. The van der Waals surface area contributed by atoms with Crippen molar-refractivity contribution in [2.45, 2.75) is 19.9 Å². The average Bonchev–Trinajstić information content (AvgIpc) is 2.56. The first-order chi connectivity index (χ1) is 11.2. The molecule has 2 aromatic heterocycles. The molecule has 0 radical (unpaired) electrons. The molecule has 6 heteroatoms. The molecule has 23 heavy (non-hydrogen) atoms. The zero-order valence-electron chi connectivity index (χ0n) is 13.5. The molecule has 0 amide bonds. The molecule has 0 saturated carbocycles. The Morgan fingerprint density at radius 3 is 2.78 bits per heavy atom. The first-order valence-corrected chi connectivity index (χ1v) is 8.05. The maximum absolute atomic E-state index is 11.9. The van der Waals surface area contributed by atoms with Crippen LogP contribution in [-0.4, -0.2) is 45.9 Å². The zero-order valence-corrected chi connectivity index (χ0v) is 13.5. The number of nitrogens with zero attached hydrogens (tertiary/aromatic N) is 3. The molecule has 1 aliphatic rings. The van der Waals surface area contributed by atoms with Crippen LogP contribution in [0.4, 0.5) is 0 Å². The molecule has 1 fully saturated rings. The summed E-state index contributed by atoms with van der Waals surface area (Å²) in [5.41, 5.74) is 8.99. The van der Waals surface area contributed by atoms with Gasteiger partial charge in [-0.25, -0.2) is 0 Å². The maximum Gasteiger partial charge on any atom is 0.251 e. The molecular formula is C17H23N5O. The van der Waals surface area contributed by atoms with Crippen LogP contribution in [0.25, 0.3) is 11.0 Å². The third kappa shape index (κ3) is 3.53. The number of nitrogens with one attached hydrogen (secondary N) is 1. The number of aromatic nitrogens is 2. The van der Waals surface area contributed by atoms with Gasteiger partial charge >= 0.3 is 0 Å². The summed E-state index contributed by atoms with van der Waals surface area (Å²) in [6.45, 7) is 6.77. The van der Waals surface area contributed by atoms with E-state index >= 15 is 0 Å². The second-order valence-corrected chi connectivity index (χ2v) is 5.91. The summed E-state index contributed by atoms with van der Waals surface area (Å²) in [4.78, 5) is 24.0. The van der Waals surface area contributed by atoms with Crippen molar-refractivity contribution in [3.8, 4) is 0 Å². The monoisotopic (exact) mass is 313 g/mol. The summed E-state index contributed by atoms with van der Waals surface area (Å²) in [6.07, 6.45) is 6.15. The Labute approximate surface area is 135 Å².